The van der Waals surface area contributed by atoms with E-state index in [1.54, 1.807) is 4.90 Å². The number of hydrogen-bond donors (Lipinski definition) is 5. The molecule has 2 aliphatic rings. The first kappa shape index (κ1) is 28.5. The predicted molar refractivity (Wildman–Crippen MR) is 142 cm³/mol. The quantitative estimate of drug-likeness (QED) is 0.195. The van der Waals surface area contributed by atoms with Crippen molar-refractivity contribution in [3.63, 3.8) is 0 Å². The molecule has 1 amide bonds. The van der Waals surface area contributed by atoms with Gasteiger partial charge in [0.15, 0.2) is 23.0 Å². The van der Waals surface area contributed by atoms with Crippen LogP contribution in [0.3, 0.4) is 0 Å². The number of phenols is 4. The molecule has 4 rings (SSSR count). The fourth-order valence-electron chi connectivity index (χ4n) is 4.89. The number of nitrogens with zero attached hydrogens (tertiary/aromatic N) is 1. The summed E-state index contributed by atoms with van der Waals surface area (Å²) in [6.07, 6.45) is 4.42. The molecule has 2 aromatic rings. The van der Waals surface area contributed by atoms with Crippen LogP contribution < -0.4 is 0 Å². The molecule has 212 valence electrons. The van der Waals surface area contributed by atoms with Gasteiger partial charge in [-0.3, -0.25) is 4.79 Å². The molecule has 2 atom stereocenters. The lowest BCUT2D eigenvalue weighted by Gasteiger charge is -2.40. The minimum absolute atomic E-state index is 0.0503. The number of phenolic OH excluding ortho intramolecular Hbond substituents is 4. The average Bonchev–Trinajstić information content (AvgIpc) is 3.44. The lowest BCUT2D eigenvalue weighted by Crippen LogP contribution is -2.55. The summed E-state index contributed by atoms with van der Waals surface area (Å²) >= 11 is 0. The number of amides is 1. The lowest BCUT2D eigenvalue weighted by molar-refractivity contribution is -0.178. The molecule has 1 aliphatic heterocycles. The van der Waals surface area contributed by atoms with Gasteiger partial charge < -0.3 is 39.9 Å². The Morgan fingerprint density at radius 3 is 1.62 bits per heavy atom. The Hall–Kier alpha value is -4.51. The largest absolute Gasteiger partial charge is 0.504 e. The molecule has 1 saturated carbocycles. The highest BCUT2D eigenvalue weighted by molar-refractivity contribution is 5.89. The highest BCUT2D eigenvalue weighted by Gasteiger charge is 2.49. The molecule has 11 nitrogen and oxygen atoms in total. The van der Waals surface area contributed by atoms with Gasteiger partial charge in [0.05, 0.1) is 0 Å². The van der Waals surface area contributed by atoms with E-state index in [0.717, 1.165) is 25.0 Å². The van der Waals surface area contributed by atoms with Crippen LogP contribution >= 0.6 is 0 Å². The summed E-state index contributed by atoms with van der Waals surface area (Å²) in [5.41, 5.74) is -1.05. The Kier molecular flexibility index (Phi) is 8.64. The van der Waals surface area contributed by atoms with Crippen molar-refractivity contribution in [3.8, 4) is 23.0 Å². The van der Waals surface area contributed by atoms with Crippen LogP contribution in [0.15, 0.2) is 48.6 Å². The molecule has 0 bridgehead atoms. The lowest BCUT2D eigenvalue weighted by atomic mass is 9.80. The molecule has 1 aliphatic carbocycles. The van der Waals surface area contributed by atoms with Gasteiger partial charge in [0.2, 0.25) is 0 Å². The number of esters is 2. The molecular formula is C29H31NO10. The Balaban J connectivity index is 1.45. The summed E-state index contributed by atoms with van der Waals surface area (Å²) in [5.74, 6) is -3.36. The molecule has 2 aromatic carbocycles. The van der Waals surface area contributed by atoms with Crippen molar-refractivity contribution < 1.29 is 49.4 Å². The number of carbonyl (C=O) groups is 3. The van der Waals surface area contributed by atoms with Gasteiger partial charge >= 0.3 is 11.9 Å². The van der Waals surface area contributed by atoms with E-state index in [-0.39, 0.29) is 42.3 Å². The summed E-state index contributed by atoms with van der Waals surface area (Å²) in [6.45, 7) is 1.00. The van der Waals surface area contributed by atoms with Crippen LogP contribution in [0.2, 0.25) is 0 Å². The summed E-state index contributed by atoms with van der Waals surface area (Å²) in [5, 5.41) is 49.5. The first-order valence-electron chi connectivity index (χ1n) is 12.9. The standard InChI is InChI=1S/C29H31NO10/c31-22-7-3-18(13-24(22)33)5-9-26(35)39-20-15-21(17-29(38,16-20)28(37)30-11-1-2-12-30)40-27(36)10-6-19-4-8-23(32)25(34)14-19/h3-10,13-14,20-21,31-34,38H,1-2,11-12,15-17H2/b9-5+,10-6+/t20-,21-/m0/s1. The van der Waals surface area contributed by atoms with Crippen LogP contribution in [-0.2, 0) is 23.9 Å². The third kappa shape index (κ3) is 7.11. The summed E-state index contributed by atoms with van der Waals surface area (Å²) in [4.78, 5) is 39.9. The third-order valence-electron chi connectivity index (χ3n) is 6.84. The first-order valence-corrected chi connectivity index (χ1v) is 12.9. The molecule has 2 fully saturated rings. The summed E-state index contributed by atoms with van der Waals surface area (Å²) in [6, 6.07) is 8.02. The van der Waals surface area contributed by atoms with Gasteiger partial charge in [-0.2, -0.15) is 0 Å². The molecular weight excluding hydrogens is 522 g/mol. The van der Waals surface area contributed by atoms with Crippen LogP contribution in [0.4, 0.5) is 0 Å². The molecule has 1 heterocycles. The SMILES string of the molecule is O=C(/C=C/c1ccc(O)c(O)c1)O[C@H]1C[C@H](OC(=O)/C=C/c2ccc(O)c(O)c2)CC(O)(C(=O)N2CCCC2)C1. The summed E-state index contributed by atoms with van der Waals surface area (Å²) in [7, 11) is 0. The van der Waals surface area contributed by atoms with Crippen LogP contribution in [-0.4, -0.2) is 79.2 Å². The van der Waals surface area contributed by atoms with Gasteiger partial charge in [0, 0.05) is 44.5 Å². The Labute approximate surface area is 230 Å². The molecule has 0 unspecified atom stereocenters. The van der Waals surface area contributed by atoms with E-state index in [4.69, 9.17) is 9.47 Å². The zero-order valence-corrected chi connectivity index (χ0v) is 21.6. The minimum Gasteiger partial charge on any atom is -0.504 e. The molecule has 5 N–H and O–H groups in total. The zero-order valence-electron chi connectivity index (χ0n) is 21.6. The maximum Gasteiger partial charge on any atom is 0.331 e. The van der Waals surface area contributed by atoms with Crippen LogP contribution in [0.5, 0.6) is 23.0 Å². The van der Waals surface area contributed by atoms with Crippen molar-refractivity contribution in [2.24, 2.45) is 0 Å². The van der Waals surface area contributed by atoms with Crippen molar-refractivity contribution >= 4 is 30.0 Å². The number of likely N-dealkylation sites (tertiary alicyclic amines) is 1. The maximum atomic E-state index is 13.2. The van der Waals surface area contributed by atoms with Gasteiger partial charge in [-0.15, -0.1) is 0 Å². The number of ether oxygens (including phenoxy) is 2. The second-order valence-corrected chi connectivity index (χ2v) is 9.96. The van der Waals surface area contributed by atoms with Crippen molar-refractivity contribution in [2.45, 2.75) is 49.9 Å². The molecule has 0 aromatic heterocycles. The molecule has 40 heavy (non-hydrogen) atoms. The monoisotopic (exact) mass is 553 g/mol. The Morgan fingerprint density at radius 2 is 1.20 bits per heavy atom. The van der Waals surface area contributed by atoms with Crippen LogP contribution in [0.1, 0.15) is 43.2 Å². The first-order chi connectivity index (χ1) is 19.0. The van der Waals surface area contributed by atoms with E-state index in [1.807, 2.05) is 0 Å². The van der Waals surface area contributed by atoms with Crippen molar-refractivity contribution in [1.29, 1.82) is 0 Å². The van der Waals surface area contributed by atoms with Crippen molar-refractivity contribution in [1.82, 2.24) is 4.90 Å². The van der Waals surface area contributed by atoms with E-state index in [9.17, 15) is 39.9 Å². The topological polar surface area (TPSA) is 174 Å². The van der Waals surface area contributed by atoms with E-state index in [2.05, 4.69) is 0 Å². The van der Waals surface area contributed by atoms with E-state index in [0.29, 0.717) is 24.2 Å². The van der Waals surface area contributed by atoms with Crippen LogP contribution in [0, 0.1) is 0 Å². The number of aliphatic hydroxyl groups is 1. The molecule has 1 saturated heterocycles. The van der Waals surface area contributed by atoms with Crippen LogP contribution in [0.25, 0.3) is 12.2 Å². The smallest absolute Gasteiger partial charge is 0.331 e. The fraction of sp³-hybridized carbons (Fsp3) is 0.345. The highest BCUT2D eigenvalue weighted by Crippen LogP contribution is 2.35. The van der Waals surface area contributed by atoms with Gasteiger partial charge in [0.1, 0.15) is 17.8 Å². The molecule has 0 radical (unpaired) electrons. The van der Waals surface area contributed by atoms with E-state index < -0.39 is 35.7 Å². The van der Waals surface area contributed by atoms with Gasteiger partial charge in [-0.05, 0) is 60.4 Å². The maximum absolute atomic E-state index is 13.2. The predicted octanol–water partition coefficient (Wildman–Crippen LogP) is 2.60. The van der Waals surface area contributed by atoms with Crippen molar-refractivity contribution in [3.05, 3.63) is 59.7 Å². The normalized spacial score (nSPS) is 23.0. The highest BCUT2D eigenvalue weighted by atomic mass is 16.6. The number of carbonyl (C=O) groups excluding carboxylic acids is 3. The van der Waals surface area contributed by atoms with E-state index >= 15 is 0 Å². The molecule has 0 spiro atoms. The van der Waals surface area contributed by atoms with E-state index in [1.165, 1.54) is 48.6 Å². The van der Waals surface area contributed by atoms with Gasteiger partial charge in [-0.1, -0.05) is 12.1 Å². The van der Waals surface area contributed by atoms with Gasteiger partial charge in [-0.25, -0.2) is 9.59 Å². The summed E-state index contributed by atoms with van der Waals surface area (Å²) < 4.78 is 11.0. The van der Waals surface area contributed by atoms with Crippen molar-refractivity contribution in [2.75, 3.05) is 13.1 Å². The van der Waals surface area contributed by atoms with Gasteiger partial charge in [0.25, 0.3) is 5.91 Å². The number of hydrogen-bond acceptors (Lipinski definition) is 10. The number of aromatic hydroxyl groups is 4. The second-order valence-electron chi connectivity index (χ2n) is 9.96. The number of rotatable bonds is 7. The molecule has 11 heteroatoms. The Bertz CT molecular complexity index is 1240. The zero-order chi connectivity index (χ0) is 28.9. The Morgan fingerprint density at radius 1 is 0.750 bits per heavy atom. The third-order valence-corrected chi connectivity index (χ3v) is 6.84. The fourth-order valence-corrected chi connectivity index (χ4v) is 4.89. The second kappa shape index (κ2) is 12.1. The minimum atomic E-state index is -1.91. The average molecular weight is 554 g/mol. The number of benzene rings is 2.